The van der Waals surface area contributed by atoms with Crippen molar-refractivity contribution in [2.24, 2.45) is 0 Å². The molecule has 2 aromatic heterocycles. The van der Waals surface area contributed by atoms with Crippen molar-refractivity contribution in [3.8, 4) is 22.7 Å². The molecule has 1 aliphatic rings. The van der Waals surface area contributed by atoms with E-state index in [1.165, 1.54) is 0 Å². The molecule has 0 amide bonds. The maximum atomic E-state index is 5.38. The summed E-state index contributed by atoms with van der Waals surface area (Å²) in [4.78, 5) is 6.75. The van der Waals surface area contributed by atoms with Gasteiger partial charge >= 0.3 is 0 Å². The van der Waals surface area contributed by atoms with Gasteiger partial charge in [0.15, 0.2) is 5.82 Å². The number of hydrogen-bond donors (Lipinski definition) is 1. The topological polar surface area (TPSA) is 80.1 Å². The first kappa shape index (κ1) is 14.1. The van der Waals surface area contributed by atoms with E-state index in [1.54, 1.807) is 6.20 Å². The number of nitrogens with zero attached hydrogens (tertiary/aromatic N) is 4. The van der Waals surface area contributed by atoms with Crippen LogP contribution in [0.3, 0.4) is 0 Å². The lowest BCUT2D eigenvalue weighted by molar-refractivity contribution is 0.0327. The van der Waals surface area contributed by atoms with Crippen molar-refractivity contribution in [1.82, 2.24) is 25.2 Å². The van der Waals surface area contributed by atoms with Crippen LogP contribution in [0.2, 0.25) is 0 Å². The summed E-state index contributed by atoms with van der Waals surface area (Å²) in [7, 11) is 0. The van der Waals surface area contributed by atoms with Crippen molar-refractivity contribution in [3.05, 3.63) is 42.4 Å². The van der Waals surface area contributed by atoms with Crippen LogP contribution in [0.25, 0.3) is 22.7 Å². The molecule has 3 heterocycles. The molecule has 0 unspecified atom stereocenters. The Morgan fingerprint density at radius 2 is 1.83 bits per heavy atom. The van der Waals surface area contributed by atoms with Crippen LogP contribution in [0.5, 0.6) is 0 Å². The number of ether oxygens (including phenoxy) is 1. The third-order valence-corrected chi connectivity index (χ3v) is 3.88. The summed E-state index contributed by atoms with van der Waals surface area (Å²) in [5, 5.41) is 11.0. The van der Waals surface area contributed by atoms with Gasteiger partial charge in [-0.25, -0.2) is 0 Å². The molecule has 7 heteroatoms. The zero-order valence-electron chi connectivity index (χ0n) is 12.6. The third-order valence-electron chi connectivity index (χ3n) is 3.88. The SMILES string of the molecule is c1cc(-c2ccc(-c3nc(CN4CCOCC4)no3)cc2)[nH]n1. The number of aromatic amines is 1. The Hall–Kier alpha value is -2.51. The van der Waals surface area contributed by atoms with Crippen molar-refractivity contribution in [3.63, 3.8) is 0 Å². The van der Waals surface area contributed by atoms with E-state index in [4.69, 9.17) is 9.26 Å². The molecule has 3 aromatic rings. The fourth-order valence-corrected chi connectivity index (χ4v) is 2.60. The van der Waals surface area contributed by atoms with Crippen LogP contribution in [0, 0.1) is 0 Å². The van der Waals surface area contributed by atoms with Gasteiger partial charge in [0.25, 0.3) is 5.89 Å². The molecular weight excluding hydrogens is 294 g/mol. The predicted molar refractivity (Wildman–Crippen MR) is 83.4 cm³/mol. The van der Waals surface area contributed by atoms with Crippen molar-refractivity contribution in [2.45, 2.75) is 6.54 Å². The molecule has 0 spiro atoms. The maximum Gasteiger partial charge on any atom is 0.257 e. The monoisotopic (exact) mass is 311 g/mol. The minimum atomic E-state index is 0.546. The average molecular weight is 311 g/mol. The van der Waals surface area contributed by atoms with E-state index in [0.29, 0.717) is 18.3 Å². The van der Waals surface area contributed by atoms with Gasteiger partial charge in [-0.3, -0.25) is 10.00 Å². The van der Waals surface area contributed by atoms with Gasteiger partial charge in [-0.15, -0.1) is 0 Å². The molecule has 1 fully saturated rings. The fourth-order valence-electron chi connectivity index (χ4n) is 2.60. The van der Waals surface area contributed by atoms with Crippen molar-refractivity contribution < 1.29 is 9.26 Å². The van der Waals surface area contributed by atoms with Crippen LogP contribution in [-0.4, -0.2) is 51.5 Å². The molecule has 118 valence electrons. The highest BCUT2D eigenvalue weighted by Crippen LogP contribution is 2.22. The van der Waals surface area contributed by atoms with Gasteiger partial charge in [0.1, 0.15) is 0 Å². The van der Waals surface area contributed by atoms with Crippen LogP contribution in [0.4, 0.5) is 0 Å². The van der Waals surface area contributed by atoms with Gasteiger partial charge in [0, 0.05) is 24.8 Å². The standard InChI is InChI=1S/C16H17N5O2/c1-3-13(4-2-12(1)14-5-6-17-19-14)16-18-15(20-23-16)11-21-7-9-22-10-8-21/h1-6H,7-11H2,(H,17,19). The molecule has 0 atom stereocenters. The van der Waals surface area contributed by atoms with E-state index in [9.17, 15) is 0 Å². The van der Waals surface area contributed by atoms with E-state index >= 15 is 0 Å². The predicted octanol–water partition coefficient (Wildman–Crippen LogP) is 1.96. The van der Waals surface area contributed by atoms with Gasteiger partial charge in [-0.1, -0.05) is 17.3 Å². The van der Waals surface area contributed by atoms with Crippen LogP contribution in [0.15, 0.2) is 41.1 Å². The lowest BCUT2D eigenvalue weighted by atomic mass is 10.1. The number of morpholine rings is 1. The lowest BCUT2D eigenvalue weighted by Crippen LogP contribution is -2.35. The van der Waals surface area contributed by atoms with Crippen molar-refractivity contribution >= 4 is 0 Å². The number of nitrogens with one attached hydrogen (secondary N) is 1. The number of benzene rings is 1. The second-order valence-electron chi connectivity index (χ2n) is 5.45. The first-order chi connectivity index (χ1) is 11.4. The highest BCUT2D eigenvalue weighted by Gasteiger charge is 2.15. The molecule has 7 nitrogen and oxygen atoms in total. The smallest absolute Gasteiger partial charge is 0.257 e. The molecule has 0 aliphatic carbocycles. The molecule has 1 saturated heterocycles. The summed E-state index contributed by atoms with van der Waals surface area (Å²) in [5.41, 5.74) is 2.96. The van der Waals surface area contributed by atoms with Crippen LogP contribution < -0.4 is 0 Å². The number of hydrogen-bond acceptors (Lipinski definition) is 6. The Morgan fingerprint density at radius 3 is 2.57 bits per heavy atom. The molecule has 1 N–H and O–H groups in total. The van der Waals surface area contributed by atoms with Crippen LogP contribution in [-0.2, 0) is 11.3 Å². The Bertz CT molecular complexity index is 745. The van der Waals surface area contributed by atoms with Gasteiger partial charge in [0.2, 0.25) is 0 Å². The van der Waals surface area contributed by atoms with Gasteiger partial charge < -0.3 is 9.26 Å². The van der Waals surface area contributed by atoms with Crippen LogP contribution >= 0.6 is 0 Å². The lowest BCUT2D eigenvalue weighted by Gasteiger charge is -2.24. The summed E-state index contributed by atoms with van der Waals surface area (Å²) in [6, 6.07) is 9.90. The van der Waals surface area contributed by atoms with E-state index in [1.807, 2.05) is 30.3 Å². The minimum absolute atomic E-state index is 0.546. The summed E-state index contributed by atoms with van der Waals surface area (Å²) >= 11 is 0. The average Bonchev–Trinajstić information content (AvgIpc) is 3.28. The number of rotatable bonds is 4. The second-order valence-corrected chi connectivity index (χ2v) is 5.45. The summed E-state index contributed by atoms with van der Waals surface area (Å²) in [6.07, 6.45) is 1.74. The maximum absolute atomic E-state index is 5.38. The van der Waals surface area contributed by atoms with E-state index < -0.39 is 0 Å². The zero-order chi connectivity index (χ0) is 15.5. The molecule has 1 aliphatic heterocycles. The fraction of sp³-hybridized carbons (Fsp3) is 0.312. The molecule has 0 bridgehead atoms. The first-order valence-corrected chi connectivity index (χ1v) is 7.61. The Morgan fingerprint density at radius 1 is 1.04 bits per heavy atom. The molecule has 23 heavy (non-hydrogen) atoms. The van der Waals surface area contributed by atoms with Crippen molar-refractivity contribution in [1.29, 1.82) is 0 Å². The largest absolute Gasteiger partial charge is 0.379 e. The Balaban J connectivity index is 1.47. The van der Waals surface area contributed by atoms with E-state index in [-0.39, 0.29) is 0 Å². The molecule has 0 saturated carbocycles. The quantitative estimate of drug-likeness (QED) is 0.793. The molecular formula is C16H17N5O2. The molecule has 0 radical (unpaired) electrons. The Kier molecular flexibility index (Phi) is 3.87. The van der Waals surface area contributed by atoms with Gasteiger partial charge in [-0.05, 0) is 23.8 Å². The Labute approximate surface area is 133 Å². The minimum Gasteiger partial charge on any atom is -0.379 e. The van der Waals surface area contributed by atoms with Crippen LogP contribution in [0.1, 0.15) is 5.82 Å². The third kappa shape index (κ3) is 3.15. The summed E-state index contributed by atoms with van der Waals surface area (Å²) < 4.78 is 10.7. The van der Waals surface area contributed by atoms with Gasteiger partial charge in [-0.2, -0.15) is 10.1 Å². The highest BCUT2D eigenvalue weighted by molar-refractivity contribution is 5.64. The molecule has 1 aromatic carbocycles. The number of aromatic nitrogens is 4. The van der Waals surface area contributed by atoms with Gasteiger partial charge in [0.05, 0.1) is 25.5 Å². The number of H-pyrrole nitrogens is 1. The summed E-state index contributed by atoms with van der Waals surface area (Å²) in [5.74, 6) is 1.25. The second kappa shape index (κ2) is 6.31. The van der Waals surface area contributed by atoms with E-state index in [0.717, 1.165) is 43.1 Å². The van der Waals surface area contributed by atoms with Crippen molar-refractivity contribution in [2.75, 3.05) is 26.3 Å². The molecule has 4 rings (SSSR count). The highest BCUT2D eigenvalue weighted by atomic mass is 16.5. The first-order valence-electron chi connectivity index (χ1n) is 7.61. The zero-order valence-corrected chi connectivity index (χ0v) is 12.6. The normalized spacial score (nSPS) is 15.8. The van der Waals surface area contributed by atoms with E-state index in [2.05, 4.69) is 25.2 Å². The summed E-state index contributed by atoms with van der Waals surface area (Å²) in [6.45, 7) is 4.03.